The Morgan fingerprint density at radius 2 is 2.22 bits per heavy atom. The van der Waals surface area contributed by atoms with Gasteiger partial charge in [0.05, 0.1) is 5.60 Å². The number of pyridine rings is 1. The van der Waals surface area contributed by atoms with Crippen molar-refractivity contribution in [1.29, 1.82) is 0 Å². The SMILES string of the molecule is OC1(Cc2cccnc2)CC2CC1C1CCCC21. The van der Waals surface area contributed by atoms with E-state index in [1.807, 2.05) is 12.3 Å². The second-order valence-corrected chi connectivity index (χ2v) is 6.71. The molecule has 3 aliphatic carbocycles. The Morgan fingerprint density at radius 1 is 1.33 bits per heavy atom. The third kappa shape index (κ3) is 1.48. The number of aromatic nitrogens is 1. The minimum Gasteiger partial charge on any atom is -0.389 e. The first-order valence-electron chi connectivity index (χ1n) is 7.37. The second-order valence-electron chi connectivity index (χ2n) is 6.71. The molecule has 0 spiro atoms. The van der Waals surface area contributed by atoms with Crippen molar-refractivity contribution in [3.8, 4) is 0 Å². The largest absolute Gasteiger partial charge is 0.389 e. The number of rotatable bonds is 2. The van der Waals surface area contributed by atoms with Crippen molar-refractivity contribution < 1.29 is 5.11 Å². The van der Waals surface area contributed by atoms with Crippen molar-refractivity contribution in [2.24, 2.45) is 23.7 Å². The van der Waals surface area contributed by atoms with Crippen LogP contribution in [0.4, 0.5) is 0 Å². The molecule has 0 aromatic carbocycles. The van der Waals surface area contributed by atoms with Crippen LogP contribution < -0.4 is 0 Å². The van der Waals surface area contributed by atoms with Gasteiger partial charge in [-0.05, 0) is 61.0 Å². The van der Waals surface area contributed by atoms with Crippen LogP contribution in [-0.2, 0) is 6.42 Å². The van der Waals surface area contributed by atoms with Gasteiger partial charge >= 0.3 is 0 Å². The molecule has 2 bridgehead atoms. The van der Waals surface area contributed by atoms with Gasteiger partial charge in [0.25, 0.3) is 0 Å². The minimum absolute atomic E-state index is 0.431. The second kappa shape index (κ2) is 3.80. The van der Waals surface area contributed by atoms with Crippen molar-refractivity contribution in [3.63, 3.8) is 0 Å². The Morgan fingerprint density at radius 3 is 3.06 bits per heavy atom. The lowest BCUT2D eigenvalue weighted by Gasteiger charge is -2.39. The van der Waals surface area contributed by atoms with Crippen molar-refractivity contribution in [1.82, 2.24) is 4.98 Å². The molecule has 3 aliphatic rings. The van der Waals surface area contributed by atoms with E-state index in [2.05, 4.69) is 11.1 Å². The van der Waals surface area contributed by atoms with Gasteiger partial charge in [0, 0.05) is 18.8 Å². The first-order chi connectivity index (χ1) is 8.76. The van der Waals surface area contributed by atoms with Crippen molar-refractivity contribution in [2.45, 2.75) is 44.1 Å². The van der Waals surface area contributed by atoms with Crippen LogP contribution >= 0.6 is 0 Å². The van der Waals surface area contributed by atoms with Gasteiger partial charge in [0.15, 0.2) is 0 Å². The molecule has 2 heteroatoms. The lowest BCUT2D eigenvalue weighted by molar-refractivity contribution is -0.0450. The lowest BCUT2D eigenvalue weighted by atomic mass is 9.71. The first kappa shape index (κ1) is 11.0. The van der Waals surface area contributed by atoms with Crippen LogP contribution in [0.3, 0.4) is 0 Å². The van der Waals surface area contributed by atoms with Crippen molar-refractivity contribution in [2.75, 3.05) is 0 Å². The van der Waals surface area contributed by atoms with Crippen LogP contribution in [0.5, 0.6) is 0 Å². The summed E-state index contributed by atoms with van der Waals surface area (Å²) in [6, 6.07) is 4.08. The summed E-state index contributed by atoms with van der Waals surface area (Å²) in [5, 5.41) is 11.1. The monoisotopic (exact) mass is 243 g/mol. The quantitative estimate of drug-likeness (QED) is 0.866. The van der Waals surface area contributed by atoms with E-state index in [0.717, 1.165) is 30.6 Å². The van der Waals surface area contributed by atoms with E-state index in [9.17, 15) is 5.11 Å². The molecular formula is C16H21NO. The maximum absolute atomic E-state index is 11.1. The van der Waals surface area contributed by atoms with Gasteiger partial charge in [-0.15, -0.1) is 0 Å². The maximum atomic E-state index is 11.1. The first-order valence-corrected chi connectivity index (χ1v) is 7.37. The highest BCUT2D eigenvalue weighted by Gasteiger charge is 2.59. The Kier molecular flexibility index (Phi) is 2.32. The van der Waals surface area contributed by atoms with E-state index < -0.39 is 5.60 Å². The predicted octanol–water partition coefficient (Wildman–Crippen LogP) is 2.81. The number of hydrogen-bond donors (Lipinski definition) is 1. The van der Waals surface area contributed by atoms with Crippen molar-refractivity contribution in [3.05, 3.63) is 30.1 Å². The number of hydrogen-bond acceptors (Lipinski definition) is 2. The summed E-state index contributed by atoms with van der Waals surface area (Å²) in [6.45, 7) is 0. The molecule has 0 aliphatic heterocycles. The number of nitrogens with zero attached hydrogens (tertiary/aromatic N) is 1. The van der Waals surface area contributed by atoms with Gasteiger partial charge in [-0.1, -0.05) is 12.5 Å². The van der Waals surface area contributed by atoms with E-state index >= 15 is 0 Å². The summed E-state index contributed by atoms with van der Waals surface area (Å²) in [5.41, 5.74) is 0.765. The van der Waals surface area contributed by atoms with Crippen LogP contribution in [0, 0.1) is 23.7 Å². The van der Waals surface area contributed by atoms with E-state index in [-0.39, 0.29) is 0 Å². The Labute approximate surface area is 108 Å². The fraction of sp³-hybridized carbons (Fsp3) is 0.688. The highest BCUT2D eigenvalue weighted by atomic mass is 16.3. The zero-order valence-corrected chi connectivity index (χ0v) is 10.8. The molecule has 18 heavy (non-hydrogen) atoms. The van der Waals surface area contributed by atoms with Gasteiger partial charge < -0.3 is 5.11 Å². The summed E-state index contributed by atoms with van der Waals surface area (Å²) >= 11 is 0. The molecule has 3 saturated carbocycles. The number of aliphatic hydroxyl groups is 1. The minimum atomic E-state index is -0.431. The van der Waals surface area contributed by atoms with Crippen LogP contribution in [0.1, 0.15) is 37.7 Å². The molecule has 4 rings (SSSR count). The summed E-state index contributed by atoms with van der Waals surface area (Å²) in [5.74, 6) is 3.15. The van der Waals surface area contributed by atoms with Gasteiger partial charge in [0.2, 0.25) is 0 Å². The van der Waals surface area contributed by atoms with E-state index in [1.165, 1.54) is 31.2 Å². The van der Waals surface area contributed by atoms with Crippen LogP contribution in [0.15, 0.2) is 24.5 Å². The Hall–Kier alpha value is -0.890. The summed E-state index contributed by atoms with van der Waals surface area (Å²) < 4.78 is 0. The fourth-order valence-electron chi connectivity index (χ4n) is 5.30. The van der Waals surface area contributed by atoms with Gasteiger partial charge in [0.1, 0.15) is 0 Å². The average molecular weight is 243 g/mol. The zero-order valence-electron chi connectivity index (χ0n) is 10.8. The van der Waals surface area contributed by atoms with Crippen molar-refractivity contribution >= 4 is 0 Å². The topological polar surface area (TPSA) is 33.1 Å². The molecule has 1 aromatic heterocycles. The molecule has 0 amide bonds. The molecule has 0 radical (unpaired) electrons. The molecule has 0 saturated heterocycles. The van der Waals surface area contributed by atoms with Crippen LogP contribution in [0.2, 0.25) is 0 Å². The van der Waals surface area contributed by atoms with Gasteiger partial charge in [-0.3, -0.25) is 4.98 Å². The Bertz CT molecular complexity index is 446. The maximum Gasteiger partial charge on any atom is 0.0722 e. The third-order valence-electron chi connectivity index (χ3n) is 5.84. The molecule has 1 N–H and O–H groups in total. The summed E-state index contributed by atoms with van der Waals surface area (Å²) in [4.78, 5) is 4.18. The molecular weight excluding hydrogens is 222 g/mol. The van der Waals surface area contributed by atoms with Crippen LogP contribution in [0.25, 0.3) is 0 Å². The highest BCUT2D eigenvalue weighted by Crippen LogP contribution is 2.62. The average Bonchev–Trinajstić information content (AvgIpc) is 3.00. The smallest absolute Gasteiger partial charge is 0.0722 e. The normalized spacial score (nSPS) is 45.4. The lowest BCUT2D eigenvalue weighted by Crippen LogP contribution is -2.43. The highest BCUT2D eigenvalue weighted by molar-refractivity contribution is 5.18. The predicted molar refractivity (Wildman–Crippen MR) is 69.9 cm³/mol. The Balaban J connectivity index is 1.58. The molecule has 5 atom stereocenters. The van der Waals surface area contributed by atoms with E-state index in [4.69, 9.17) is 0 Å². The summed E-state index contributed by atoms with van der Waals surface area (Å²) in [6.07, 6.45) is 11.0. The molecule has 96 valence electrons. The van der Waals surface area contributed by atoms with Gasteiger partial charge in [-0.25, -0.2) is 0 Å². The van der Waals surface area contributed by atoms with Crippen LogP contribution in [-0.4, -0.2) is 15.7 Å². The molecule has 5 unspecified atom stereocenters. The van der Waals surface area contributed by atoms with E-state index in [0.29, 0.717) is 5.92 Å². The zero-order chi connectivity index (χ0) is 12.2. The van der Waals surface area contributed by atoms with Gasteiger partial charge in [-0.2, -0.15) is 0 Å². The molecule has 2 nitrogen and oxygen atoms in total. The number of fused-ring (bicyclic) bond motifs is 5. The molecule has 1 aromatic rings. The fourth-order valence-corrected chi connectivity index (χ4v) is 5.30. The third-order valence-corrected chi connectivity index (χ3v) is 5.84. The molecule has 1 heterocycles. The summed E-state index contributed by atoms with van der Waals surface area (Å²) in [7, 11) is 0. The standard InChI is InChI=1S/C16H21NO/c18-16(8-11-3-2-6-17-10-11)9-12-7-15(16)14-5-1-4-13(12)14/h2-3,6,10,12-15,18H,1,4-5,7-9H2. The van der Waals surface area contributed by atoms with E-state index in [1.54, 1.807) is 6.20 Å². The molecule has 3 fully saturated rings.